The standard InChI is InChI=1S/C80H64N8/c1-79(2,3)60-45-59(46-61(47-60)80(4,5)6)62-49-74(87-70-41-25-27-43-72(70)88(73-44-28-26-42-71(73)87)75-52-68(56-35-19-10-20-36-56)82-77(86-75)58-39-23-12-24-40-58)64(78-83-65(53-29-13-7-14-30-53)50-66(84-78)54-31-15-8-16-32-54)48-63(62)69-51-67(55-33-17-9-18-34-55)81-76(85-69)57-37-21-11-22-38-57/h7-52H,1-6H3. The molecule has 1 aliphatic rings. The molecule has 0 spiro atoms. The molecule has 0 amide bonds. The van der Waals surface area contributed by atoms with Gasteiger partial charge in [0.25, 0.3) is 0 Å². The van der Waals surface area contributed by atoms with Gasteiger partial charge >= 0.3 is 0 Å². The molecule has 8 heteroatoms. The second kappa shape index (κ2) is 22.8. The van der Waals surface area contributed by atoms with Crippen molar-refractivity contribution in [1.29, 1.82) is 0 Å². The second-order valence-corrected chi connectivity index (χ2v) is 24.4. The highest BCUT2D eigenvalue weighted by Crippen LogP contribution is 2.57. The number of aromatic nitrogens is 6. The van der Waals surface area contributed by atoms with Crippen LogP contribution in [0.3, 0.4) is 0 Å². The van der Waals surface area contributed by atoms with Crippen molar-refractivity contribution in [1.82, 2.24) is 29.9 Å². The van der Waals surface area contributed by atoms with Crippen LogP contribution in [0, 0.1) is 0 Å². The topological polar surface area (TPSA) is 83.8 Å². The van der Waals surface area contributed by atoms with E-state index in [0.717, 1.165) is 118 Å². The van der Waals surface area contributed by atoms with Crippen molar-refractivity contribution in [2.75, 3.05) is 9.80 Å². The molecule has 3 aromatic heterocycles. The van der Waals surface area contributed by atoms with E-state index in [-0.39, 0.29) is 10.8 Å². The van der Waals surface area contributed by atoms with E-state index < -0.39 is 0 Å². The number of fused-ring (bicyclic) bond motifs is 2. The first-order valence-electron chi connectivity index (χ1n) is 30.0. The molecule has 8 nitrogen and oxygen atoms in total. The highest BCUT2D eigenvalue weighted by atomic mass is 15.3. The normalized spacial score (nSPS) is 12.2. The fourth-order valence-corrected chi connectivity index (χ4v) is 11.7. The smallest absolute Gasteiger partial charge is 0.162 e. The molecule has 0 saturated heterocycles. The minimum atomic E-state index is -0.190. The maximum absolute atomic E-state index is 5.67. The Morgan fingerprint density at radius 1 is 0.227 bits per heavy atom. The molecule has 424 valence electrons. The predicted molar refractivity (Wildman–Crippen MR) is 362 cm³/mol. The van der Waals surface area contributed by atoms with E-state index in [1.54, 1.807) is 0 Å². The third-order valence-corrected chi connectivity index (χ3v) is 16.3. The molecule has 0 fully saturated rings. The van der Waals surface area contributed by atoms with Gasteiger partial charge in [-0.2, -0.15) is 0 Å². The Balaban J connectivity index is 1.11. The molecule has 0 radical (unpaired) electrons. The monoisotopic (exact) mass is 1140 g/mol. The summed E-state index contributed by atoms with van der Waals surface area (Å²) in [7, 11) is 0. The molecule has 0 saturated carbocycles. The van der Waals surface area contributed by atoms with Crippen molar-refractivity contribution < 1.29 is 0 Å². The van der Waals surface area contributed by atoms with E-state index in [4.69, 9.17) is 29.9 Å². The first-order valence-corrected chi connectivity index (χ1v) is 30.0. The van der Waals surface area contributed by atoms with E-state index >= 15 is 0 Å². The van der Waals surface area contributed by atoms with Gasteiger partial charge in [-0.05, 0) is 81.6 Å². The van der Waals surface area contributed by atoms with Crippen LogP contribution in [-0.2, 0) is 10.8 Å². The zero-order chi connectivity index (χ0) is 59.9. The van der Waals surface area contributed by atoms with Crippen molar-refractivity contribution in [3.8, 4) is 102 Å². The van der Waals surface area contributed by atoms with Gasteiger partial charge < -0.3 is 4.90 Å². The van der Waals surface area contributed by atoms with Crippen molar-refractivity contribution >= 4 is 34.3 Å². The third kappa shape index (κ3) is 10.8. The van der Waals surface area contributed by atoms with E-state index in [1.165, 1.54) is 11.1 Å². The van der Waals surface area contributed by atoms with Crippen molar-refractivity contribution in [2.45, 2.75) is 52.4 Å². The summed E-state index contributed by atoms with van der Waals surface area (Å²) in [5.74, 6) is 2.53. The second-order valence-electron chi connectivity index (χ2n) is 24.4. The van der Waals surface area contributed by atoms with Crippen LogP contribution < -0.4 is 9.80 Å². The Labute approximate surface area is 515 Å². The summed E-state index contributed by atoms with van der Waals surface area (Å²) in [5, 5.41) is 0. The highest BCUT2D eigenvalue weighted by molar-refractivity contribution is 6.05. The number of para-hydroxylation sites is 4. The molecular weight excluding hydrogens is 1070 g/mol. The quantitative estimate of drug-likeness (QED) is 0.127. The number of rotatable bonds is 11. The highest BCUT2D eigenvalue weighted by Gasteiger charge is 2.35. The van der Waals surface area contributed by atoms with E-state index in [0.29, 0.717) is 17.5 Å². The Morgan fingerprint density at radius 2 is 0.557 bits per heavy atom. The van der Waals surface area contributed by atoms with E-state index in [1.807, 2.05) is 60.7 Å². The van der Waals surface area contributed by atoms with Crippen molar-refractivity contribution in [2.24, 2.45) is 0 Å². The maximum Gasteiger partial charge on any atom is 0.162 e. The third-order valence-electron chi connectivity index (χ3n) is 16.3. The Bertz CT molecular complexity index is 4420. The molecule has 13 aromatic rings. The Hall–Kier alpha value is -11.0. The summed E-state index contributed by atoms with van der Waals surface area (Å²) < 4.78 is 0. The number of hydrogen-bond donors (Lipinski definition) is 0. The summed E-state index contributed by atoms with van der Waals surface area (Å²) in [4.78, 5) is 37.7. The van der Waals surface area contributed by atoms with Gasteiger partial charge in [-0.3, -0.25) is 4.90 Å². The molecule has 0 atom stereocenters. The lowest BCUT2D eigenvalue weighted by Crippen LogP contribution is -2.25. The summed E-state index contributed by atoms with van der Waals surface area (Å²) in [6.45, 7) is 13.8. The molecule has 1 aliphatic heterocycles. The zero-order valence-corrected chi connectivity index (χ0v) is 50.1. The van der Waals surface area contributed by atoms with Gasteiger partial charge in [-0.1, -0.05) is 266 Å². The van der Waals surface area contributed by atoms with E-state index in [9.17, 15) is 0 Å². The largest absolute Gasteiger partial charge is 0.306 e. The van der Waals surface area contributed by atoms with Crippen LogP contribution in [0.25, 0.3) is 102 Å². The summed E-state index contributed by atoms with van der Waals surface area (Å²) in [6.07, 6.45) is 0. The average molecular weight is 1140 g/mol. The van der Waals surface area contributed by atoms with Crippen LogP contribution in [0.2, 0.25) is 0 Å². The number of anilines is 6. The van der Waals surface area contributed by atoms with Gasteiger partial charge in [0.15, 0.2) is 17.5 Å². The van der Waals surface area contributed by atoms with Crippen LogP contribution in [0.5, 0.6) is 0 Å². The summed E-state index contributed by atoms with van der Waals surface area (Å²) >= 11 is 0. The van der Waals surface area contributed by atoms with Crippen LogP contribution in [0.1, 0.15) is 52.7 Å². The summed E-state index contributed by atoms with van der Waals surface area (Å²) in [6, 6.07) is 97.6. The maximum atomic E-state index is 5.67. The van der Waals surface area contributed by atoms with Gasteiger partial charge in [0, 0.05) is 50.6 Å². The molecule has 88 heavy (non-hydrogen) atoms. The fraction of sp³-hybridized carbons (Fsp3) is 0.100. The molecule has 0 unspecified atom stereocenters. The zero-order valence-electron chi connectivity index (χ0n) is 50.1. The van der Waals surface area contributed by atoms with Crippen molar-refractivity contribution in [3.05, 3.63) is 290 Å². The predicted octanol–water partition coefficient (Wildman–Crippen LogP) is 20.9. The van der Waals surface area contributed by atoms with Crippen molar-refractivity contribution in [3.63, 3.8) is 0 Å². The molecule has 0 N–H and O–H groups in total. The van der Waals surface area contributed by atoms with Gasteiger partial charge in [-0.15, -0.1) is 0 Å². The lowest BCUT2D eigenvalue weighted by Gasteiger charge is -2.40. The fourth-order valence-electron chi connectivity index (χ4n) is 11.7. The van der Waals surface area contributed by atoms with E-state index in [2.05, 4.69) is 270 Å². The number of nitrogens with zero attached hydrogens (tertiary/aromatic N) is 8. The lowest BCUT2D eigenvalue weighted by molar-refractivity contribution is 0.569. The van der Waals surface area contributed by atoms with Gasteiger partial charge in [0.1, 0.15) is 5.82 Å². The minimum Gasteiger partial charge on any atom is -0.306 e. The van der Waals surface area contributed by atoms with Crippen LogP contribution >= 0.6 is 0 Å². The van der Waals surface area contributed by atoms with Gasteiger partial charge in [0.05, 0.1) is 56.9 Å². The Kier molecular flexibility index (Phi) is 14.2. The number of benzene rings is 10. The van der Waals surface area contributed by atoms with Crippen LogP contribution in [0.4, 0.5) is 34.3 Å². The average Bonchev–Trinajstić information content (AvgIpc) is 0.955. The molecule has 14 rings (SSSR count). The number of hydrogen-bond acceptors (Lipinski definition) is 8. The molecule has 0 bridgehead atoms. The minimum absolute atomic E-state index is 0.190. The van der Waals surface area contributed by atoms with Crippen LogP contribution in [-0.4, -0.2) is 29.9 Å². The first kappa shape index (κ1) is 54.9. The van der Waals surface area contributed by atoms with Gasteiger partial charge in [0.2, 0.25) is 0 Å². The Morgan fingerprint density at radius 3 is 0.966 bits per heavy atom. The molecular formula is C80H64N8. The molecule has 10 aromatic carbocycles. The van der Waals surface area contributed by atoms with Crippen LogP contribution in [0.15, 0.2) is 279 Å². The SMILES string of the molecule is CC(C)(C)c1cc(-c2cc(N3c4ccccc4N(c4cc(-c5ccccc5)nc(-c5ccccc5)n4)c4ccccc43)c(-c3nc(-c4ccccc4)cc(-c4ccccc4)n3)cc2-c2cc(-c3ccccc3)nc(-c3ccccc3)n2)cc(C(C)(C)C)c1. The lowest BCUT2D eigenvalue weighted by atomic mass is 9.78. The first-order chi connectivity index (χ1) is 42.9. The molecule has 4 heterocycles. The van der Waals surface area contributed by atoms with Gasteiger partial charge in [-0.25, -0.2) is 29.9 Å². The molecule has 0 aliphatic carbocycles. The summed E-state index contributed by atoms with van der Waals surface area (Å²) in [5.41, 5.74) is 20.2.